The number of carboxylic acid groups (broad SMARTS) is 2. The lowest BCUT2D eigenvalue weighted by Crippen LogP contribution is -2.55. The minimum atomic E-state index is -3.11. The number of alkyl halides is 2. The Hall–Kier alpha value is -1.81. The van der Waals surface area contributed by atoms with Crippen molar-refractivity contribution in [2.75, 3.05) is 0 Å². The zero-order valence-electron chi connectivity index (χ0n) is 9.71. The van der Waals surface area contributed by atoms with Crippen molar-refractivity contribution >= 4 is 17.9 Å². The predicted molar refractivity (Wildman–Crippen MR) is 56.1 cm³/mol. The molecule has 110 valence electrons. The number of halogens is 2. The molecule has 0 heterocycles. The highest BCUT2D eigenvalue weighted by Gasteiger charge is 2.42. The Kier molecular flexibility index (Phi) is 6.28. The Balaban J connectivity index is 4.63. The van der Waals surface area contributed by atoms with Gasteiger partial charge in [0.15, 0.2) is 0 Å². The van der Waals surface area contributed by atoms with E-state index in [9.17, 15) is 23.2 Å². The molecule has 2 atom stereocenters. The Bertz CT molecular complexity index is 365. The van der Waals surface area contributed by atoms with Gasteiger partial charge in [-0.25, -0.2) is 13.6 Å². The van der Waals surface area contributed by atoms with Gasteiger partial charge in [0.1, 0.15) is 6.04 Å². The highest BCUT2D eigenvalue weighted by Crippen LogP contribution is 2.17. The second kappa shape index (κ2) is 6.95. The highest BCUT2D eigenvalue weighted by molar-refractivity contribution is 5.83. The molecule has 0 aromatic heterocycles. The molecular weight excluding hydrogens is 270 g/mol. The Labute approximate surface area is 106 Å². The van der Waals surface area contributed by atoms with E-state index in [0.717, 1.165) is 0 Å². The van der Waals surface area contributed by atoms with E-state index in [4.69, 9.17) is 21.7 Å². The summed E-state index contributed by atoms with van der Waals surface area (Å²) in [5, 5.41) is 17.0. The van der Waals surface area contributed by atoms with Crippen LogP contribution < -0.4 is 11.5 Å². The molecule has 0 aliphatic carbocycles. The fourth-order valence-corrected chi connectivity index (χ4v) is 1.05. The molecule has 2 unspecified atom stereocenters. The van der Waals surface area contributed by atoms with E-state index >= 15 is 0 Å². The fourth-order valence-electron chi connectivity index (χ4n) is 1.05. The molecular formula is C9H14F2N2O6. The first-order chi connectivity index (χ1) is 8.58. The molecule has 8 nitrogen and oxygen atoms in total. The fraction of sp³-hybridized carbons (Fsp3) is 0.667. The molecule has 0 aliphatic rings. The number of ether oxygens (including phenoxy) is 1. The average molecular weight is 284 g/mol. The molecule has 0 bridgehead atoms. The van der Waals surface area contributed by atoms with Gasteiger partial charge in [0.05, 0.1) is 6.42 Å². The minimum Gasteiger partial charge on any atom is -0.481 e. The second-order valence-electron chi connectivity index (χ2n) is 3.75. The first-order valence-electron chi connectivity index (χ1n) is 5.09. The highest BCUT2D eigenvalue weighted by atomic mass is 19.3. The monoisotopic (exact) mass is 284 g/mol. The molecule has 0 radical (unpaired) electrons. The Morgan fingerprint density at radius 2 is 1.79 bits per heavy atom. The van der Waals surface area contributed by atoms with E-state index in [0.29, 0.717) is 0 Å². The summed E-state index contributed by atoms with van der Waals surface area (Å²) in [5.41, 5.74) is 7.38. The van der Waals surface area contributed by atoms with Crippen LogP contribution in [0.25, 0.3) is 0 Å². The van der Waals surface area contributed by atoms with E-state index in [1.807, 2.05) is 0 Å². The van der Waals surface area contributed by atoms with Crippen molar-refractivity contribution in [3.8, 4) is 0 Å². The average Bonchev–Trinajstić information content (AvgIpc) is 2.24. The summed E-state index contributed by atoms with van der Waals surface area (Å²) in [7, 11) is 0. The van der Waals surface area contributed by atoms with Gasteiger partial charge in [0.25, 0.3) is 5.72 Å². The minimum absolute atomic E-state index is 0.335. The topological polar surface area (TPSA) is 153 Å². The molecule has 6 N–H and O–H groups in total. The molecule has 0 rings (SSSR count). The van der Waals surface area contributed by atoms with Crippen LogP contribution in [-0.4, -0.2) is 46.3 Å². The zero-order chi connectivity index (χ0) is 15.2. The normalized spacial score (nSPS) is 15.6. The number of hydrogen-bond donors (Lipinski definition) is 4. The summed E-state index contributed by atoms with van der Waals surface area (Å²) in [4.78, 5) is 32.3. The molecule has 0 aromatic carbocycles. The molecule has 0 saturated heterocycles. The van der Waals surface area contributed by atoms with Gasteiger partial charge < -0.3 is 20.7 Å². The predicted octanol–water partition coefficient (Wildman–Crippen LogP) is -0.883. The molecule has 10 heteroatoms. The van der Waals surface area contributed by atoms with E-state index in [-0.39, 0.29) is 6.42 Å². The van der Waals surface area contributed by atoms with Crippen molar-refractivity contribution in [2.45, 2.75) is 37.5 Å². The largest absolute Gasteiger partial charge is 0.481 e. The van der Waals surface area contributed by atoms with Gasteiger partial charge in [-0.3, -0.25) is 15.3 Å². The lowest BCUT2D eigenvalue weighted by Gasteiger charge is -2.25. The standard InChI is InChI=1S/C9H14F2N2O6/c10-5(11)3-9(13,8(17)18)19-7(16)4(12)1-2-6(14)15/h4-5H,1-3,12-13H2,(H,14,15)(H,17,18). The maximum Gasteiger partial charge on any atom is 0.364 e. The summed E-state index contributed by atoms with van der Waals surface area (Å²) in [5.74, 6) is -4.54. The number of esters is 1. The Morgan fingerprint density at radius 1 is 1.26 bits per heavy atom. The summed E-state index contributed by atoms with van der Waals surface area (Å²) in [6, 6.07) is -1.46. The SMILES string of the molecule is NC(CCC(=O)O)C(=O)OC(N)(CC(F)F)C(=O)O. The smallest absolute Gasteiger partial charge is 0.364 e. The molecule has 0 fully saturated rings. The van der Waals surface area contributed by atoms with Crippen LogP contribution in [0, 0.1) is 0 Å². The van der Waals surface area contributed by atoms with Crippen molar-refractivity contribution in [3.63, 3.8) is 0 Å². The summed E-state index contributed by atoms with van der Waals surface area (Å²) in [6.07, 6.45) is -5.31. The number of carbonyl (C=O) groups excluding carboxylic acids is 1. The van der Waals surface area contributed by atoms with E-state index < -0.39 is 48.9 Å². The van der Waals surface area contributed by atoms with Gasteiger partial charge in [0.2, 0.25) is 6.43 Å². The van der Waals surface area contributed by atoms with Crippen molar-refractivity contribution in [1.29, 1.82) is 0 Å². The van der Waals surface area contributed by atoms with Crippen molar-refractivity contribution in [3.05, 3.63) is 0 Å². The van der Waals surface area contributed by atoms with Crippen LogP contribution in [0.4, 0.5) is 8.78 Å². The van der Waals surface area contributed by atoms with Crippen LogP contribution in [0.1, 0.15) is 19.3 Å². The van der Waals surface area contributed by atoms with Gasteiger partial charge in [-0.1, -0.05) is 0 Å². The van der Waals surface area contributed by atoms with Crippen LogP contribution in [0.15, 0.2) is 0 Å². The second-order valence-corrected chi connectivity index (χ2v) is 3.75. The lowest BCUT2D eigenvalue weighted by atomic mass is 10.1. The van der Waals surface area contributed by atoms with Gasteiger partial charge in [-0.05, 0) is 6.42 Å². The summed E-state index contributed by atoms with van der Waals surface area (Å²) in [6.45, 7) is 0. The third kappa shape index (κ3) is 6.06. The molecule has 0 amide bonds. The van der Waals surface area contributed by atoms with Crippen LogP contribution in [0.3, 0.4) is 0 Å². The van der Waals surface area contributed by atoms with Gasteiger partial charge in [0, 0.05) is 6.42 Å². The number of carboxylic acids is 2. The third-order valence-electron chi connectivity index (χ3n) is 2.07. The molecule has 0 aliphatic heterocycles. The number of aliphatic carboxylic acids is 2. The molecule has 19 heavy (non-hydrogen) atoms. The lowest BCUT2D eigenvalue weighted by molar-refractivity contribution is -0.183. The van der Waals surface area contributed by atoms with E-state index in [1.54, 1.807) is 0 Å². The summed E-state index contributed by atoms with van der Waals surface area (Å²) >= 11 is 0. The van der Waals surface area contributed by atoms with Crippen molar-refractivity contribution in [2.24, 2.45) is 11.5 Å². The Morgan fingerprint density at radius 3 is 2.16 bits per heavy atom. The van der Waals surface area contributed by atoms with Crippen molar-refractivity contribution < 1.29 is 38.1 Å². The van der Waals surface area contributed by atoms with Crippen LogP contribution in [-0.2, 0) is 19.1 Å². The zero-order valence-corrected chi connectivity index (χ0v) is 9.71. The van der Waals surface area contributed by atoms with Gasteiger partial charge in [-0.15, -0.1) is 0 Å². The number of hydrogen-bond acceptors (Lipinski definition) is 6. The molecule has 0 aromatic rings. The maximum absolute atomic E-state index is 12.2. The van der Waals surface area contributed by atoms with Crippen LogP contribution in [0.5, 0.6) is 0 Å². The number of rotatable bonds is 8. The third-order valence-corrected chi connectivity index (χ3v) is 2.07. The van der Waals surface area contributed by atoms with Crippen molar-refractivity contribution in [1.82, 2.24) is 0 Å². The van der Waals surface area contributed by atoms with Gasteiger partial charge in [-0.2, -0.15) is 0 Å². The molecule has 0 saturated carbocycles. The maximum atomic E-state index is 12.2. The van der Waals surface area contributed by atoms with Gasteiger partial charge >= 0.3 is 17.9 Å². The number of nitrogens with two attached hydrogens (primary N) is 2. The number of carbonyl (C=O) groups is 3. The summed E-state index contributed by atoms with van der Waals surface area (Å²) < 4.78 is 28.6. The first kappa shape index (κ1) is 17.2. The van der Waals surface area contributed by atoms with E-state index in [2.05, 4.69) is 4.74 Å². The first-order valence-corrected chi connectivity index (χ1v) is 5.09. The van der Waals surface area contributed by atoms with Crippen LogP contribution in [0.2, 0.25) is 0 Å². The van der Waals surface area contributed by atoms with Crippen LogP contribution >= 0.6 is 0 Å². The van der Waals surface area contributed by atoms with E-state index in [1.165, 1.54) is 0 Å². The molecule has 0 spiro atoms. The quantitative estimate of drug-likeness (QED) is 0.331.